The molecule has 17 heavy (non-hydrogen) atoms. The third-order valence-electron chi connectivity index (χ3n) is 2.71. The zero-order chi connectivity index (χ0) is 12.3. The smallest absolute Gasteiger partial charge is 0.242 e. The molecule has 1 aromatic rings. The van der Waals surface area contributed by atoms with Gasteiger partial charge in [0.05, 0.1) is 12.8 Å². The van der Waals surface area contributed by atoms with Gasteiger partial charge in [-0.25, -0.2) is 0 Å². The van der Waals surface area contributed by atoms with E-state index in [-0.39, 0.29) is 11.9 Å². The molecule has 0 aliphatic carbocycles. The van der Waals surface area contributed by atoms with Gasteiger partial charge in [-0.3, -0.25) is 4.79 Å². The molecule has 2 rings (SSSR count). The van der Waals surface area contributed by atoms with E-state index in [1.807, 2.05) is 0 Å². The Labute approximate surface area is 99.5 Å². The van der Waals surface area contributed by atoms with Crippen molar-refractivity contribution in [2.45, 2.75) is 18.9 Å². The molecule has 1 aromatic heterocycles. The van der Waals surface area contributed by atoms with Gasteiger partial charge >= 0.3 is 0 Å². The summed E-state index contributed by atoms with van der Waals surface area (Å²) < 4.78 is 5.02. The average Bonchev–Trinajstić information content (AvgIpc) is 2.35. The van der Waals surface area contributed by atoms with Gasteiger partial charge < -0.3 is 21.1 Å². The maximum atomic E-state index is 11.6. The summed E-state index contributed by atoms with van der Waals surface area (Å²) in [4.78, 5) is 15.8. The Morgan fingerprint density at radius 3 is 3.12 bits per heavy atom. The summed E-state index contributed by atoms with van der Waals surface area (Å²) in [6, 6.07) is 3.11. The molecule has 0 saturated carbocycles. The van der Waals surface area contributed by atoms with Crippen molar-refractivity contribution >= 4 is 17.4 Å². The fourth-order valence-corrected chi connectivity index (χ4v) is 1.76. The molecular weight excluding hydrogens is 220 g/mol. The number of anilines is 2. The van der Waals surface area contributed by atoms with Crippen molar-refractivity contribution in [1.82, 2.24) is 10.3 Å². The highest BCUT2D eigenvalue weighted by Gasteiger charge is 2.22. The quantitative estimate of drug-likeness (QED) is 0.705. The first-order chi connectivity index (χ1) is 8.20. The molecule has 1 amide bonds. The molecule has 1 aliphatic heterocycles. The first-order valence-corrected chi connectivity index (χ1v) is 5.55. The van der Waals surface area contributed by atoms with E-state index >= 15 is 0 Å². The van der Waals surface area contributed by atoms with Gasteiger partial charge in [0.15, 0.2) is 5.82 Å². The normalized spacial score (nSPS) is 19.6. The number of hydrogen-bond donors (Lipinski definition) is 3. The molecule has 0 spiro atoms. The number of rotatable bonds is 3. The van der Waals surface area contributed by atoms with Crippen molar-refractivity contribution in [3.63, 3.8) is 0 Å². The van der Waals surface area contributed by atoms with Crippen LogP contribution < -0.4 is 21.1 Å². The van der Waals surface area contributed by atoms with Crippen molar-refractivity contribution < 1.29 is 9.53 Å². The molecule has 6 nitrogen and oxygen atoms in total. The van der Waals surface area contributed by atoms with Crippen molar-refractivity contribution in [1.29, 1.82) is 0 Å². The topological polar surface area (TPSA) is 89.3 Å². The highest BCUT2D eigenvalue weighted by atomic mass is 16.5. The SMILES string of the molecule is COc1ccc(N)c(NC2CCCNC2=O)n1. The Kier molecular flexibility index (Phi) is 3.32. The van der Waals surface area contributed by atoms with Gasteiger partial charge in [-0.2, -0.15) is 4.98 Å². The van der Waals surface area contributed by atoms with E-state index in [1.54, 1.807) is 12.1 Å². The van der Waals surface area contributed by atoms with Crippen LogP contribution in [0.5, 0.6) is 5.88 Å². The third-order valence-corrected chi connectivity index (χ3v) is 2.71. The van der Waals surface area contributed by atoms with Crippen molar-refractivity contribution in [2.75, 3.05) is 24.7 Å². The number of pyridine rings is 1. The maximum absolute atomic E-state index is 11.6. The summed E-state index contributed by atoms with van der Waals surface area (Å²) in [5.74, 6) is 0.949. The highest BCUT2D eigenvalue weighted by molar-refractivity contribution is 5.85. The number of nitrogens with zero attached hydrogens (tertiary/aromatic N) is 1. The van der Waals surface area contributed by atoms with E-state index in [0.29, 0.717) is 17.4 Å². The molecule has 2 heterocycles. The number of nitrogens with two attached hydrogens (primary N) is 1. The standard InChI is InChI=1S/C11H16N4O2/c1-17-9-5-4-7(12)10(15-9)14-8-3-2-6-13-11(8)16/h4-5,8H,2-3,6,12H2,1H3,(H,13,16)(H,14,15). The van der Waals surface area contributed by atoms with Gasteiger partial charge in [-0.1, -0.05) is 0 Å². The van der Waals surface area contributed by atoms with Crippen molar-refractivity contribution in [3.8, 4) is 5.88 Å². The summed E-state index contributed by atoms with van der Waals surface area (Å²) >= 11 is 0. The third kappa shape index (κ3) is 2.58. The first-order valence-electron chi connectivity index (χ1n) is 5.55. The highest BCUT2D eigenvalue weighted by Crippen LogP contribution is 2.21. The average molecular weight is 236 g/mol. The lowest BCUT2D eigenvalue weighted by Gasteiger charge is -2.23. The van der Waals surface area contributed by atoms with Crippen molar-refractivity contribution in [3.05, 3.63) is 12.1 Å². The lowest BCUT2D eigenvalue weighted by atomic mass is 10.1. The van der Waals surface area contributed by atoms with Crippen LogP contribution in [-0.2, 0) is 4.79 Å². The molecule has 92 valence electrons. The number of amides is 1. The second-order valence-corrected chi connectivity index (χ2v) is 3.92. The summed E-state index contributed by atoms with van der Waals surface area (Å²) in [6.45, 7) is 0.734. The van der Waals surface area contributed by atoms with Crippen LogP contribution in [0.1, 0.15) is 12.8 Å². The van der Waals surface area contributed by atoms with E-state index in [1.165, 1.54) is 7.11 Å². The van der Waals surface area contributed by atoms with Gasteiger partial charge in [0, 0.05) is 12.6 Å². The van der Waals surface area contributed by atoms with E-state index in [9.17, 15) is 4.79 Å². The number of carbonyl (C=O) groups is 1. The Hall–Kier alpha value is -1.98. The summed E-state index contributed by atoms with van der Waals surface area (Å²) in [7, 11) is 1.54. The number of hydrogen-bond acceptors (Lipinski definition) is 5. The predicted molar refractivity (Wildman–Crippen MR) is 64.9 cm³/mol. The van der Waals surface area contributed by atoms with Gasteiger partial charge in [0.2, 0.25) is 11.8 Å². The molecule has 0 radical (unpaired) electrons. The number of methoxy groups -OCH3 is 1. The zero-order valence-corrected chi connectivity index (χ0v) is 9.69. The maximum Gasteiger partial charge on any atom is 0.242 e. The summed E-state index contributed by atoms with van der Waals surface area (Å²) in [6.07, 6.45) is 1.73. The number of nitrogen functional groups attached to an aromatic ring is 1. The van der Waals surface area contributed by atoms with Gasteiger partial charge in [0.1, 0.15) is 6.04 Å². The van der Waals surface area contributed by atoms with E-state index in [2.05, 4.69) is 15.6 Å². The predicted octanol–water partition coefficient (Wildman–Crippen LogP) is 0.363. The minimum Gasteiger partial charge on any atom is -0.481 e. The Morgan fingerprint density at radius 1 is 1.59 bits per heavy atom. The van der Waals surface area contributed by atoms with Crippen LogP contribution in [0.2, 0.25) is 0 Å². The van der Waals surface area contributed by atoms with Crippen LogP contribution in [0.4, 0.5) is 11.5 Å². The molecule has 0 aromatic carbocycles. The number of carbonyl (C=O) groups excluding carboxylic acids is 1. The van der Waals surface area contributed by atoms with Crippen LogP contribution in [0.15, 0.2) is 12.1 Å². The number of piperidine rings is 1. The largest absolute Gasteiger partial charge is 0.481 e. The van der Waals surface area contributed by atoms with E-state index < -0.39 is 0 Å². The molecule has 1 aliphatic rings. The van der Waals surface area contributed by atoms with Crippen LogP contribution >= 0.6 is 0 Å². The molecule has 1 fully saturated rings. The molecule has 6 heteroatoms. The number of ether oxygens (including phenoxy) is 1. The fourth-order valence-electron chi connectivity index (χ4n) is 1.76. The fraction of sp³-hybridized carbons (Fsp3) is 0.455. The van der Waals surface area contributed by atoms with Crippen LogP contribution in [0.3, 0.4) is 0 Å². The lowest BCUT2D eigenvalue weighted by Crippen LogP contribution is -2.44. The van der Waals surface area contributed by atoms with Crippen LogP contribution in [0.25, 0.3) is 0 Å². The zero-order valence-electron chi connectivity index (χ0n) is 9.69. The Balaban J connectivity index is 2.14. The minimum absolute atomic E-state index is 0.0136. The number of nitrogens with one attached hydrogen (secondary N) is 2. The van der Waals surface area contributed by atoms with Gasteiger partial charge in [0.25, 0.3) is 0 Å². The van der Waals surface area contributed by atoms with Gasteiger partial charge in [-0.05, 0) is 18.9 Å². The van der Waals surface area contributed by atoms with Crippen LogP contribution in [-0.4, -0.2) is 30.6 Å². The van der Waals surface area contributed by atoms with E-state index in [4.69, 9.17) is 10.5 Å². The number of aromatic nitrogens is 1. The monoisotopic (exact) mass is 236 g/mol. The molecular formula is C11H16N4O2. The Bertz CT molecular complexity index is 422. The first kappa shape index (κ1) is 11.5. The van der Waals surface area contributed by atoms with Crippen molar-refractivity contribution in [2.24, 2.45) is 0 Å². The van der Waals surface area contributed by atoms with Crippen LogP contribution in [0, 0.1) is 0 Å². The molecule has 1 atom stereocenters. The molecule has 1 saturated heterocycles. The summed E-state index contributed by atoms with van der Waals surface area (Å²) in [5, 5.41) is 5.84. The summed E-state index contributed by atoms with van der Waals surface area (Å²) in [5.41, 5.74) is 6.30. The Morgan fingerprint density at radius 2 is 2.41 bits per heavy atom. The second-order valence-electron chi connectivity index (χ2n) is 3.92. The second kappa shape index (κ2) is 4.90. The lowest BCUT2D eigenvalue weighted by molar-refractivity contribution is -0.123. The molecule has 0 bridgehead atoms. The van der Waals surface area contributed by atoms with E-state index in [0.717, 1.165) is 19.4 Å². The minimum atomic E-state index is -0.273. The van der Waals surface area contributed by atoms with Gasteiger partial charge in [-0.15, -0.1) is 0 Å². The molecule has 4 N–H and O–H groups in total. The molecule has 1 unspecified atom stereocenters.